The molecule has 0 fully saturated rings. The van der Waals surface area contributed by atoms with Gasteiger partial charge < -0.3 is 9.47 Å². The van der Waals surface area contributed by atoms with E-state index in [4.69, 9.17) is 21.1 Å². The molecule has 0 saturated carbocycles. The Morgan fingerprint density at radius 2 is 1.80 bits per heavy atom. The van der Waals surface area contributed by atoms with Gasteiger partial charge in [0.15, 0.2) is 11.5 Å². The Labute approximate surface area is 122 Å². The molecule has 0 spiro atoms. The molecule has 1 aliphatic heterocycles. The van der Waals surface area contributed by atoms with Gasteiger partial charge in [0.2, 0.25) is 0 Å². The lowest BCUT2D eigenvalue weighted by Crippen LogP contribution is -2.15. The van der Waals surface area contributed by atoms with Crippen molar-refractivity contribution in [2.75, 3.05) is 13.2 Å². The summed E-state index contributed by atoms with van der Waals surface area (Å²) in [4.78, 5) is 0. The molecule has 0 N–H and O–H groups in total. The topological polar surface area (TPSA) is 18.5 Å². The lowest BCUT2D eigenvalue weighted by Gasteiger charge is -2.20. The minimum atomic E-state index is -0.550. The zero-order chi connectivity index (χ0) is 14.1. The quantitative estimate of drug-likeness (QED) is 0.771. The van der Waals surface area contributed by atoms with E-state index in [1.54, 1.807) is 12.1 Å². The summed E-state index contributed by atoms with van der Waals surface area (Å²) in [7, 11) is 0. The van der Waals surface area contributed by atoms with Crippen LogP contribution in [-0.2, 0) is 0 Å². The lowest BCUT2D eigenvalue weighted by atomic mass is 10.0. The van der Waals surface area contributed by atoms with E-state index < -0.39 is 5.38 Å². The molecule has 1 heterocycles. The van der Waals surface area contributed by atoms with Crippen molar-refractivity contribution in [3.63, 3.8) is 0 Å². The number of alkyl halides is 1. The van der Waals surface area contributed by atoms with Gasteiger partial charge in [0.1, 0.15) is 19.0 Å². The maximum absolute atomic E-state index is 13.9. The molecule has 0 bridgehead atoms. The zero-order valence-electron chi connectivity index (χ0n) is 11.0. The van der Waals surface area contributed by atoms with Crippen LogP contribution in [0.4, 0.5) is 4.39 Å². The average Bonchev–Trinajstić information content (AvgIpc) is 2.48. The molecule has 1 atom stereocenters. The maximum Gasteiger partial charge on any atom is 0.161 e. The number of rotatable bonds is 2. The first-order valence-electron chi connectivity index (χ1n) is 6.45. The highest BCUT2D eigenvalue weighted by atomic mass is 35.5. The summed E-state index contributed by atoms with van der Waals surface area (Å²) in [5, 5.41) is -0.550. The SMILES string of the molecule is Cc1ccc(F)c(C(Cl)c2ccc3c(c2)OCCO3)c1. The highest BCUT2D eigenvalue weighted by Gasteiger charge is 2.19. The monoisotopic (exact) mass is 292 g/mol. The van der Waals surface area contributed by atoms with E-state index in [0.29, 0.717) is 30.3 Å². The molecule has 0 amide bonds. The first kappa shape index (κ1) is 13.3. The van der Waals surface area contributed by atoms with E-state index in [9.17, 15) is 4.39 Å². The van der Waals surface area contributed by atoms with Crippen LogP contribution in [0.2, 0.25) is 0 Å². The number of ether oxygens (including phenoxy) is 2. The Hall–Kier alpha value is -1.74. The van der Waals surface area contributed by atoms with Crippen molar-refractivity contribution in [1.82, 2.24) is 0 Å². The number of benzene rings is 2. The summed E-state index contributed by atoms with van der Waals surface area (Å²) >= 11 is 6.41. The van der Waals surface area contributed by atoms with E-state index in [-0.39, 0.29) is 5.82 Å². The largest absolute Gasteiger partial charge is 0.486 e. The summed E-state index contributed by atoms with van der Waals surface area (Å²) in [6, 6.07) is 10.4. The van der Waals surface area contributed by atoms with Gasteiger partial charge in [-0.2, -0.15) is 0 Å². The third-order valence-electron chi connectivity index (χ3n) is 3.28. The number of fused-ring (bicyclic) bond motifs is 1. The normalized spacial score (nSPS) is 14.9. The van der Waals surface area contributed by atoms with Crippen molar-refractivity contribution >= 4 is 11.6 Å². The first-order chi connectivity index (χ1) is 9.65. The van der Waals surface area contributed by atoms with Gasteiger partial charge in [-0.15, -0.1) is 11.6 Å². The number of aryl methyl sites for hydroxylation is 1. The van der Waals surface area contributed by atoms with Gasteiger partial charge in [-0.3, -0.25) is 0 Å². The fraction of sp³-hybridized carbons (Fsp3) is 0.250. The van der Waals surface area contributed by atoms with Crippen molar-refractivity contribution in [3.05, 3.63) is 58.9 Å². The van der Waals surface area contributed by atoms with Crippen LogP contribution in [-0.4, -0.2) is 13.2 Å². The second-order valence-corrected chi connectivity index (χ2v) is 5.23. The van der Waals surface area contributed by atoms with Crippen LogP contribution < -0.4 is 9.47 Å². The van der Waals surface area contributed by atoms with Crippen molar-refractivity contribution < 1.29 is 13.9 Å². The van der Waals surface area contributed by atoms with Gasteiger partial charge >= 0.3 is 0 Å². The standard InChI is InChI=1S/C16H14ClFO2/c1-10-2-4-13(18)12(8-10)16(17)11-3-5-14-15(9-11)20-7-6-19-14/h2-5,8-9,16H,6-7H2,1H3. The Kier molecular flexibility index (Phi) is 3.53. The molecule has 0 aliphatic carbocycles. The van der Waals surface area contributed by atoms with Crippen LogP contribution in [0.5, 0.6) is 11.5 Å². The molecule has 0 saturated heterocycles. The Bertz CT molecular complexity index is 642. The predicted octanol–water partition coefficient (Wildman–Crippen LogP) is 4.23. The summed E-state index contributed by atoms with van der Waals surface area (Å²) in [5.74, 6) is 1.06. The number of halogens is 2. The smallest absolute Gasteiger partial charge is 0.161 e. The van der Waals surface area contributed by atoms with Gasteiger partial charge in [-0.25, -0.2) is 4.39 Å². The molecule has 2 aromatic rings. The second kappa shape index (κ2) is 5.33. The second-order valence-electron chi connectivity index (χ2n) is 4.79. The Morgan fingerprint density at radius 1 is 1.05 bits per heavy atom. The fourth-order valence-electron chi connectivity index (χ4n) is 2.25. The highest BCUT2D eigenvalue weighted by molar-refractivity contribution is 6.22. The zero-order valence-corrected chi connectivity index (χ0v) is 11.8. The Morgan fingerprint density at radius 3 is 2.60 bits per heavy atom. The van der Waals surface area contributed by atoms with Crippen molar-refractivity contribution in [1.29, 1.82) is 0 Å². The summed E-state index contributed by atoms with van der Waals surface area (Å²) in [6.45, 7) is 2.97. The van der Waals surface area contributed by atoms with Gasteiger partial charge in [0, 0.05) is 5.56 Å². The van der Waals surface area contributed by atoms with Crippen LogP contribution in [0.15, 0.2) is 36.4 Å². The molecule has 20 heavy (non-hydrogen) atoms. The Balaban J connectivity index is 1.97. The molecular formula is C16H14ClFO2. The minimum absolute atomic E-state index is 0.300. The van der Waals surface area contributed by atoms with Gasteiger partial charge in [-0.1, -0.05) is 23.8 Å². The van der Waals surface area contributed by atoms with Crippen LogP contribution in [0.3, 0.4) is 0 Å². The van der Waals surface area contributed by atoms with Crippen molar-refractivity contribution in [2.24, 2.45) is 0 Å². The van der Waals surface area contributed by atoms with Gasteiger partial charge in [-0.05, 0) is 30.7 Å². The number of hydrogen-bond acceptors (Lipinski definition) is 2. The van der Waals surface area contributed by atoms with Crippen LogP contribution in [0, 0.1) is 12.7 Å². The molecule has 104 valence electrons. The predicted molar refractivity (Wildman–Crippen MR) is 76.3 cm³/mol. The first-order valence-corrected chi connectivity index (χ1v) is 6.88. The van der Waals surface area contributed by atoms with Gasteiger partial charge in [0.25, 0.3) is 0 Å². The average molecular weight is 293 g/mol. The summed E-state index contributed by atoms with van der Waals surface area (Å²) < 4.78 is 24.9. The minimum Gasteiger partial charge on any atom is -0.486 e. The van der Waals surface area contributed by atoms with E-state index >= 15 is 0 Å². The van der Waals surface area contributed by atoms with Crippen LogP contribution >= 0.6 is 11.6 Å². The molecule has 3 rings (SSSR count). The lowest BCUT2D eigenvalue weighted by molar-refractivity contribution is 0.171. The maximum atomic E-state index is 13.9. The van der Waals surface area contributed by atoms with Gasteiger partial charge in [0.05, 0.1) is 5.38 Å². The molecule has 0 aromatic heterocycles. The highest BCUT2D eigenvalue weighted by Crippen LogP contribution is 2.37. The summed E-state index contributed by atoms with van der Waals surface area (Å²) in [5.41, 5.74) is 2.24. The molecule has 0 radical (unpaired) electrons. The van der Waals surface area contributed by atoms with Crippen molar-refractivity contribution in [3.8, 4) is 11.5 Å². The molecular weight excluding hydrogens is 279 g/mol. The van der Waals surface area contributed by atoms with Crippen molar-refractivity contribution in [2.45, 2.75) is 12.3 Å². The van der Waals surface area contributed by atoms with E-state index in [2.05, 4.69) is 0 Å². The number of hydrogen-bond donors (Lipinski definition) is 0. The van der Waals surface area contributed by atoms with E-state index in [1.165, 1.54) is 6.07 Å². The molecule has 2 aromatic carbocycles. The van der Waals surface area contributed by atoms with E-state index in [1.807, 2.05) is 25.1 Å². The molecule has 2 nitrogen and oxygen atoms in total. The van der Waals surface area contributed by atoms with E-state index in [0.717, 1.165) is 11.1 Å². The third kappa shape index (κ3) is 2.46. The fourth-order valence-corrected chi connectivity index (χ4v) is 2.56. The third-order valence-corrected chi connectivity index (χ3v) is 3.77. The van der Waals surface area contributed by atoms with Crippen LogP contribution in [0.1, 0.15) is 22.1 Å². The molecule has 1 aliphatic rings. The summed E-state index contributed by atoms with van der Waals surface area (Å²) in [6.07, 6.45) is 0. The molecule has 1 unspecified atom stereocenters. The molecule has 4 heteroatoms. The van der Waals surface area contributed by atoms with Crippen LogP contribution in [0.25, 0.3) is 0 Å².